The molecule has 1 aromatic carbocycles. The van der Waals surface area contributed by atoms with Crippen LogP contribution in [0.4, 0.5) is 13.2 Å². The Hall–Kier alpha value is -1.76. The summed E-state index contributed by atoms with van der Waals surface area (Å²) < 4.78 is 37.6. The van der Waals surface area contributed by atoms with Crippen LogP contribution in [0.3, 0.4) is 0 Å². The summed E-state index contributed by atoms with van der Waals surface area (Å²) >= 11 is 0. The fourth-order valence-electron chi connectivity index (χ4n) is 2.83. The van der Waals surface area contributed by atoms with Crippen LogP contribution in [0.2, 0.25) is 0 Å². The molecule has 0 amide bonds. The molecule has 0 bridgehead atoms. The Morgan fingerprint density at radius 1 is 1.25 bits per heavy atom. The van der Waals surface area contributed by atoms with Gasteiger partial charge in [-0.15, -0.1) is 0 Å². The predicted molar refractivity (Wildman–Crippen MR) is 89.9 cm³/mol. The molecular weight excluding hydrogens is 317 g/mol. The lowest BCUT2D eigenvalue weighted by Crippen LogP contribution is -2.39. The summed E-state index contributed by atoms with van der Waals surface area (Å²) in [6, 6.07) is 5.18. The van der Waals surface area contributed by atoms with Gasteiger partial charge in [-0.25, -0.2) is 0 Å². The molecule has 0 radical (unpaired) electrons. The van der Waals surface area contributed by atoms with Gasteiger partial charge in [0.2, 0.25) is 0 Å². The topological polar surface area (TPSA) is 39.7 Å². The van der Waals surface area contributed by atoms with Gasteiger partial charge in [-0.1, -0.05) is 19.1 Å². The minimum absolute atomic E-state index is 0.434. The van der Waals surface area contributed by atoms with Gasteiger partial charge < -0.3 is 15.5 Å². The zero-order valence-electron chi connectivity index (χ0n) is 14.2. The number of aliphatic imine (C=N–C) groups is 1. The van der Waals surface area contributed by atoms with Gasteiger partial charge in [0.1, 0.15) is 0 Å². The molecule has 1 unspecified atom stereocenters. The van der Waals surface area contributed by atoms with E-state index >= 15 is 0 Å². The Morgan fingerprint density at radius 3 is 2.50 bits per heavy atom. The number of hydrogen-bond donors (Lipinski definition) is 2. The van der Waals surface area contributed by atoms with Crippen LogP contribution in [0.25, 0.3) is 0 Å². The van der Waals surface area contributed by atoms with Crippen molar-refractivity contribution in [2.45, 2.75) is 26.1 Å². The number of nitrogens with zero attached hydrogens (tertiary/aromatic N) is 2. The van der Waals surface area contributed by atoms with E-state index in [2.05, 4.69) is 27.4 Å². The zero-order chi connectivity index (χ0) is 17.6. The standard InChI is InChI=1S/C17H25F3N4/c1-3-24-9-8-14(12-24)11-23-16(21-2)22-10-13-4-6-15(7-5-13)17(18,19)20/h4-7,14H,3,8-12H2,1-2H3,(H2,21,22,23). The smallest absolute Gasteiger partial charge is 0.356 e. The lowest BCUT2D eigenvalue weighted by atomic mass is 10.1. The molecule has 1 aromatic rings. The average molecular weight is 342 g/mol. The van der Waals surface area contributed by atoms with Crippen LogP contribution in [0.15, 0.2) is 29.3 Å². The molecule has 1 aliphatic heterocycles. The van der Waals surface area contributed by atoms with Gasteiger partial charge in [0.05, 0.1) is 5.56 Å². The molecule has 1 aliphatic rings. The highest BCUT2D eigenvalue weighted by atomic mass is 19.4. The number of guanidine groups is 1. The third-order valence-electron chi connectivity index (χ3n) is 4.34. The number of halogens is 3. The van der Waals surface area contributed by atoms with E-state index in [9.17, 15) is 13.2 Å². The average Bonchev–Trinajstić information content (AvgIpc) is 3.02. The van der Waals surface area contributed by atoms with Crippen LogP contribution in [-0.4, -0.2) is 44.1 Å². The SMILES string of the molecule is CCN1CCC(CNC(=NC)NCc2ccc(C(F)(F)F)cc2)C1. The molecule has 0 saturated carbocycles. The van der Waals surface area contributed by atoms with Gasteiger partial charge in [-0.3, -0.25) is 4.99 Å². The van der Waals surface area contributed by atoms with Crippen LogP contribution < -0.4 is 10.6 Å². The van der Waals surface area contributed by atoms with Crippen LogP contribution in [0.1, 0.15) is 24.5 Å². The molecule has 1 fully saturated rings. The van der Waals surface area contributed by atoms with Crippen LogP contribution in [0.5, 0.6) is 0 Å². The highest BCUT2D eigenvalue weighted by Gasteiger charge is 2.29. The Balaban J connectivity index is 1.77. The van der Waals surface area contributed by atoms with E-state index in [0.717, 1.165) is 43.9 Å². The first kappa shape index (κ1) is 18.6. The minimum Gasteiger partial charge on any atom is -0.356 e. The molecule has 1 saturated heterocycles. The van der Waals surface area contributed by atoms with Gasteiger partial charge in [0.25, 0.3) is 0 Å². The number of likely N-dealkylation sites (tertiary alicyclic amines) is 1. The van der Waals surface area contributed by atoms with E-state index in [-0.39, 0.29) is 0 Å². The van der Waals surface area contributed by atoms with E-state index < -0.39 is 11.7 Å². The Bertz CT molecular complexity index is 540. The van der Waals surface area contributed by atoms with Gasteiger partial charge in [-0.05, 0) is 43.1 Å². The molecule has 134 valence electrons. The molecule has 1 atom stereocenters. The molecule has 0 aromatic heterocycles. The molecule has 2 rings (SSSR count). The van der Waals surface area contributed by atoms with Crippen molar-refractivity contribution in [1.82, 2.24) is 15.5 Å². The second-order valence-electron chi connectivity index (χ2n) is 6.05. The maximum Gasteiger partial charge on any atom is 0.416 e. The van der Waals surface area contributed by atoms with Crippen molar-refractivity contribution in [3.05, 3.63) is 35.4 Å². The number of benzene rings is 1. The van der Waals surface area contributed by atoms with Crippen molar-refractivity contribution in [1.29, 1.82) is 0 Å². The summed E-state index contributed by atoms with van der Waals surface area (Å²) in [6.45, 7) is 6.77. The third kappa shape index (κ3) is 5.40. The summed E-state index contributed by atoms with van der Waals surface area (Å²) in [5.41, 5.74) is 0.152. The Labute approximate surface area is 141 Å². The Morgan fingerprint density at radius 2 is 1.96 bits per heavy atom. The van der Waals surface area contributed by atoms with Crippen LogP contribution in [-0.2, 0) is 12.7 Å². The highest BCUT2D eigenvalue weighted by Crippen LogP contribution is 2.29. The zero-order valence-corrected chi connectivity index (χ0v) is 14.2. The summed E-state index contributed by atoms with van der Waals surface area (Å²) in [5.74, 6) is 1.28. The van der Waals surface area contributed by atoms with E-state index in [1.807, 2.05) is 0 Å². The molecule has 0 spiro atoms. The molecule has 0 aliphatic carbocycles. The molecule has 4 nitrogen and oxygen atoms in total. The van der Waals surface area contributed by atoms with Crippen molar-refractivity contribution in [3.8, 4) is 0 Å². The first-order chi connectivity index (χ1) is 11.4. The van der Waals surface area contributed by atoms with E-state index in [0.29, 0.717) is 18.4 Å². The first-order valence-electron chi connectivity index (χ1n) is 8.25. The summed E-state index contributed by atoms with van der Waals surface area (Å²) in [7, 11) is 1.69. The van der Waals surface area contributed by atoms with E-state index in [1.165, 1.54) is 18.6 Å². The number of alkyl halides is 3. The molecule has 1 heterocycles. The lowest BCUT2D eigenvalue weighted by Gasteiger charge is -2.16. The quantitative estimate of drug-likeness (QED) is 0.638. The number of hydrogen-bond acceptors (Lipinski definition) is 2. The van der Waals surface area contributed by atoms with Gasteiger partial charge in [-0.2, -0.15) is 13.2 Å². The van der Waals surface area contributed by atoms with Crippen molar-refractivity contribution in [2.75, 3.05) is 33.2 Å². The van der Waals surface area contributed by atoms with Gasteiger partial charge in [0, 0.05) is 26.7 Å². The van der Waals surface area contributed by atoms with Crippen LogP contribution in [0, 0.1) is 5.92 Å². The van der Waals surface area contributed by atoms with Crippen molar-refractivity contribution in [2.24, 2.45) is 10.9 Å². The molecule has 24 heavy (non-hydrogen) atoms. The van der Waals surface area contributed by atoms with Crippen molar-refractivity contribution < 1.29 is 13.2 Å². The van der Waals surface area contributed by atoms with E-state index in [4.69, 9.17) is 0 Å². The largest absolute Gasteiger partial charge is 0.416 e. The normalized spacial score (nSPS) is 19.5. The maximum atomic E-state index is 12.5. The van der Waals surface area contributed by atoms with E-state index in [1.54, 1.807) is 7.05 Å². The number of nitrogens with one attached hydrogen (secondary N) is 2. The monoisotopic (exact) mass is 342 g/mol. The molecular formula is C17H25F3N4. The van der Waals surface area contributed by atoms with Crippen molar-refractivity contribution in [3.63, 3.8) is 0 Å². The predicted octanol–water partition coefficient (Wildman–Crippen LogP) is 2.71. The first-order valence-corrected chi connectivity index (χ1v) is 8.25. The van der Waals surface area contributed by atoms with Gasteiger partial charge >= 0.3 is 6.18 Å². The highest BCUT2D eigenvalue weighted by molar-refractivity contribution is 5.79. The fourth-order valence-corrected chi connectivity index (χ4v) is 2.83. The summed E-state index contributed by atoms with van der Waals surface area (Å²) in [6.07, 6.45) is -3.12. The van der Waals surface area contributed by atoms with Crippen molar-refractivity contribution >= 4 is 5.96 Å². The Kier molecular flexibility index (Phi) is 6.48. The second-order valence-corrected chi connectivity index (χ2v) is 6.05. The summed E-state index contributed by atoms with van der Waals surface area (Å²) in [5, 5.41) is 6.43. The number of rotatable bonds is 5. The molecule has 7 heteroatoms. The van der Waals surface area contributed by atoms with Gasteiger partial charge in [0.15, 0.2) is 5.96 Å². The maximum absolute atomic E-state index is 12.5. The summed E-state index contributed by atoms with van der Waals surface area (Å²) in [4.78, 5) is 6.58. The second kappa shape index (κ2) is 8.37. The minimum atomic E-state index is -4.29. The third-order valence-corrected chi connectivity index (χ3v) is 4.34. The molecule has 2 N–H and O–H groups in total. The fraction of sp³-hybridized carbons (Fsp3) is 0.588. The van der Waals surface area contributed by atoms with Crippen LogP contribution >= 0.6 is 0 Å². The lowest BCUT2D eigenvalue weighted by molar-refractivity contribution is -0.137.